The maximum atomic E-state index is 12.0. The van der Waals surface area contributed by atoms with E-state index >= 15 is 0 Å². The predicted octanol–water partition coefficient (Wildman–Crippen LogP) is -0.171. The highest BCUT2D eigenvalue weighted by Crippen LogP contribution is 2.09. The summed E-state index contributed by atoms with van der Waals surface area (Å²) in [5.74, 6) is -0.108. The van der Waals surface area contributed by atoms with Gasteiger partial charge in [-0.25, -0.2) is 0 Å². The van der Waals surface area contributed by atoms with Crippen LogP contribution in [0.25, 0.3) is 0 Å². The van der Waals surface area contributed by atoms with Crippen molar-refractivity contribution in [3.8, 4) is 0 Å². The van der Waals surface area contributed by atoms with E-state index in [4.69, 9.17) is 15.6 Å². The number of aliphatic hydroxyl groups is 1. The summed E-state index contributed by atoms with van der Waals surface area (Å²) in [6.45, 7) is 3.70. The predicted molar refractivity (Wildman–Crippen MR) is 63.0 cm³/mol. The smallest absolute Gasteiger partial charge is 0.227 e. The van der Waals surface area contributed by atoms with Crippen molar-refractivity contribution in [2.75, 3.05) is 40.0 Å². The minimum Gasteiger partial charge on any atom is -0.395 e. The van der Waals surface area contributed by atoms with Gasteiger partial charge in [0.25, 0.3) is 0 Å². The second-order valence-corrected chi connectivity index (χ2v) is 3.76. The maximum absolute atomic E-state index is 12.0. The van der Waals surface area contributed by atoms with Gasteiger partial charge < -0.3 is 20.5 Å². The van der Waals surface area contributed by atoms with Crippen LogP contribution in [0.4, 0.5) is 0 Å². The van der Waals surface area contributed by atoms with Crippen molar-refractivity contribution in [2.24, 2.45) is 11.7 Å². The molecule has 0 bridgehead atoms. The summed E-state index contributed by atoms with van der Waals surface area (Å²) in [7, 11) is 1.59. The molecule has 0 rings (SSSR count). The number of ether oxygens (including phenoxy) is 1. The van der Waals surface area contributed by atoms with Crippen LogP contribution in [-0.4, -0.2) is 55.9 Å². The van der Waals surface area contributed by atoms with Gasteiger partial charge in [-0.1, -0.05) is 13.3 Å². The number of aliphatic hydroxyl groups excluding tert-OH is 1. The number of methoxy groups -OCH3 is 1. The van der Waals surface area contributed by atoms with Gasteiger partial charge >= 0.3 is 0 Å². The van der Waals surface area contributed by atoms with Crippen LogP contribution in [0, 0.1) is 5.92 Å². The molecule has 1 amide bonds. The van der Waals surface area contributed by atoms with Crippen LogP contribution < -0.4 is 5.73 Å². The molecular weight excluding hydrogens is 208 g/mol. The summed E-state index contributed by atoms with van der Waals surface area (Å²) < 4.78 is 4.94. The lowest BCUT2D eigenvalue weighted by molar-refractivity contribution is -0.136. The number of nitrogens with two attached hydrogens (primary N) is 1. The van der Waals surface area contributed by atoms with Crippen LogP contribution in [0.15, 0.2) is 0 Å². The van der Waals surface area contributed by atoms with Gasteiger partial charge in [-0.2, -0.15) is 0 Å². The highest BCUT2D eigenvalue weighted by atomic mass is 16.5. The van der Waals surface area contributed by atoms with Crippen molar-refractivity contribution >= 4 is 5.91 Å². The van der Waals surface area contributed by atoms with Crippen LogP contribution >= 0.6 is 0 Å². The number of hydrogen-bond acceptors (Lipinski definition) is 4. The van der Waals surface area contributed by atoms with E-state index < -0.39 is 0 Å². The lowest BCUT2D eigenvalue weighted by atomic mass is 10.0. The summed E-state index contributed by atoms with van der Waals surface area (Å²) in [5.41, 5.74) is 5.58. The average Bonchev–Trinajstić information content (AvgIpc) is 2.30. The fourth-order valence-corrected chi connectivity index (χ4v) is 1.60. The van der Waals surface area contributed by atoms with Gasteiger partial charge in [-0.3, -0.25) is 4.79 Å². The Morgan fingerprint density at radius 2 is 2.19 bits per heavy atom. The second kappa shape index (κ2) is 9.57. The molecule has 0 saturated heterocycles. The Labute approximate surface area is 97.6 Å². The third-order valence-electron chi connectivity index (χ3n) is 2.52. The Morgan fingerprint density at radius 3 is 2.62 bits per heavy atom. The van der Waals surface area contributed by atoms with E-state index in [0.29, 0.717) is 26.2 Å². The molecule has 0 spiro atoms. The zero-order valence-electron chi connectivity index (χ0n) is 10.3. The molecule has 5 heteroatoms. The normalized spacial score (nSPS) is 12.5. The van der Waals surface area contributed by atoms with Gasteiger partial charge in [-0.15, -0.1) is 0 Å². The lowest BCUT2D eigenvalue weighted by Gasteiger charge is -2.25. The van der Waals surface area contributed by atoms with E-state index in [1.54, 1.807) is 12.0 Å². The van der Waals surface area contributed by atoms with Crippen molar-refractivity contribution in [1.29, 1.82) is 0 Å². The van der Waals surface area contributed by atoms with Crippen LogP contribution in [0.5, 0.6) is 0 Å². The molecule has 0 fully saturated rings. The first-order chi connectivity index (χ1) is 7.71. The minimum atomic E-state index is -0.131. The summed E-state index contributed by atoms with van der Waals surface area (Å²) >= 11 is 0. The molecule has 0 aromatic carbocycles. The summed E-state index contributed by atoms with van der Waals surface area (Å²) in [4.78, 5) is 13.7. The van der Waals surface area contributed by atoms with E-state index in [9.17, 15) is 4.79 Å². The molecule has 0 aromatic rings. The van der Waals surface area contributed by atoms with Gasteiger partial charge in [0.05, 0.1) is 19.1 Å². The molecule has 1 unspecified atom stereocenters. The Morgan fingerprint density at radius 1 is 1.50 bits per heavy atom. The molecule has 96 valence electrons. The Kier molecular flexibility index (Phi) is 9.18. The van der Waals surface area contributed by atoms with Crippen LogP contribution in [-0.2, 0) is 9.53 Å². The topological polar surface area (TPSA) is 75.8 Å². The zero-order chi connectivity index (χ0) is 12.4. The van der Waals surface area contributed by atoms with Crippen molar-refractivity contribution in [3.05, 3.63) is 0 Å². The van der Waals surface area contributed by atoms with Crippen molar-refractivity contribution < 1.29 is 14.6 Å². The largest absolute Gasteiger partial charge is 0.395 e. The lowest BCUT2D eigenvalue weighted by Crippen LogP contribution is -2.42. The van der Waals surface area contributed by atoms with Crippen LogP contribution in [0.3, 0.4) is 0 Å². The number of rotatable bonds is 9. The molecule has 0 aliphatic rings. The Balaban J connectivity index is 4.31. The zero-order valence-corrected chi connectivity index (χ0v) is 10.3. The number of carbonyl (C=O) groups is 1. The van der Waals surface area contributed by atoms with Crippen molar-refractivity contribution in [3.63, 3.8) is 0 Å². The maximum Gasteiger partial charge on any atom is 0.227 e. The highest BCUT2D eigenvalue weighted by Gasteiger charge is 2.21. The van der Waals surface area contributed by atoms with Crippen LogP contribution in [0.1, 0.15) is 19.8 Å². The molecule has 0 saturated carbocycles. The minimum absolute atomic E-state index is 0.0236. The highest BCUT2D eigenvalue weighted by molar-refractivity contribution is 5.79. The average molecular weight is 232 g/mol. The van der Waals surface area contributed by atoms with E-state index in [1.807, 2.05) is 6.92 Å². The molecular formula is C11H24N2O3. The molecule has 0 aliphatic heterocycles. The molecule has 1 atom stereocenters. The van der Waals surface area contributed by atoms with Gasteiger partial charge in [0.15, 0.2) is 0 Å². The Hall–Kier alpha value is -0.650. The first kappa shape index (κ1) is 15.3. The fraction of sp³-hybridized carbons (Fsp3) is 0.909. The fourth-order valence-electron chi connectivity index (χ4n) is 1.60. The van der Waals surface area contributed by atoms with Gasteiger partial charge in [0.2, 0.25) is 5.91 Å². The van der Waals surface area contributed by atoms with Gasteiger partial charge in [0, 0.05) is 26.7 Å². The molecule has 0 radical (unpaired) electrons. The molecule has 0 aromatic heterocycles. The molecule has 3 N–H and O–H groups in total. The third kappa shape index (κ3) is 5.44. The van der Waals surface area contributed by atoms with Crippen molar-refractivity contribution in [2.45, 2.75) is 19.8 Å². The van der Waals surface area contributed by atoms with E-state index in [-0.39, 0.29) is 18.4 Å². The molecule has 5 nitrogen and oxygen atoms in total. The molecule has 0 aliphatic carbocycles. The van der Waals surface area contributed by atoms with Gasteiger partial charge in [0.1, 0.15) is 0 Å². The first-order valence-corrected chi connectivity index (χ1v) is 5.79. The standard InChI is InChI=1S/C11H24N2O3/c1-3-4-10(9-12)11(15)13(5-7-14)6-8-16-2/h10,14H,3-9,12H2,1-2H3. The summed E-state index contributed by atoms with van der Waals surface area (Å²) in [6.07, 6.45) is 1.73. The quantitative estimate of drug-likeness (QED) is 0.578. The molecule has 0 heterocycles. The Bertz CT molecular complexity index is 188. The number of carbonyl (C=O) groups excluding carboxylic acids is 1. The monoisotopic (exact) mass is 232 g/mol. The number of nitrogens with zero attached hydrogens (tertiary/aromatic N) is 1. The third-order valence-corrected chi connectivity index (χ3v) is 2.52. The van der Waals surface area contributed by atoms with E-state index in [1.165, 1.54) is 0 Å². The van der Waals surface area contributed by atoms with Crippen molar-refractivity contribution in [1.82, 2.24) is 4.90 Å². The first-order valence-electron chi connectivity index (χ1n) is 5.79. The second-order valence-electron chi connectivity index (χ2n) is 3.76. The molecule has 16 heavy (non-hydrogen) atoms. The van der Waals surface area contributed by atoms with Crippen LogP contribution in [0.2, 0.25) is 0 Å². The summed E-state index contributed by atoms with van der Waals surface area (Å²) in [6, 6.07) is 0. The van der Waals surface area contributed by atoms with Gasteiger partial charge in [-0.05, 0) is 6.42 Å². The summed E-state index contributed by atoms with van der Waals surface area (Å²) in [5, 5.41) is 8.90. The number of hydrogen-bond donors (Lipinski definition) is 2. The van der Waals surface area contributed by atoms with E-state index in [2.05, 4.69) is 0 Å². The number of amides is 1. The van der Waals surface area contributed by atoms with E-state index in [0.717, 1.165) is 12.8 Å². The SMILES string of the molecule is CCCC(CN)C(=O)N(CCO)CCOC.